The molecule has 1 aliphatic heterocycles. The molecule has 0 aromatic heterocycles. The molecular weight excluding hydrogens is 356 g/mol. The van der Waals surface area contributed by atoms with E-state index in [1.54, 1.807) is 11.0 Å². The molecule has 2 unspecified atom stereocenters. The summed E-state index contributed by atoms with van der Waals surface area (Å²) in [5, 5.41) is 12.6. The van der Waals surface area contributed by atoms with E-state index in [9.17, 15) is 9.59 Å². The SMILES string of the molecule is CC1CN(C(=O)Nc2cc(Br)cc(C(=O)O)c2)CC(C)S1. The minimum Gasteiger partial charge on any atom is -0.478 e. The highest BCUT2D eigenvalue weighted by molar-refractivity contribution is 9.10. The third-order valence-electron chi connectivity index (χ3n) is 3.10. The highest BCUT2D eigenvalue weighted by Gasteiger charge is 2.26. The average Bonchev–Trinajstić information content (AvgIpc) is 2.36. The first-order valence-corrected chi connectivity index (χ1v) is 8.34. The van der Waals surface area contributed by atoms with Gasteiger partial charge in [0.25, 0.3) is 0 Å². The van der Waals surface area contributed by atoms with Crippen molar-refractivity contribution in [2.45, 2.75) is 24.3 Å². The zero-order valence-corrected chi connectivity index (χ0v) is 14.2. The molecule has 0 bridgehead atoms. The minimum atomic E-state index is -1.02. The molecular formula is C14H17BrN2O3S. The van der Waals surface area contributed by atoms with Crippen LogP contribution >= 0.6 is 27.7 Å². The number of amides is 2. The van der Waals surface area contributed by atoms with Gasteiger partial charge in [0.05, 0.1) is 5.56 Å². The van der Waals surface area contributed by atoms with Crippen LogP contribution in [0.1, 0.15) is 24.2 Å². The number of carboxylic acids is 1. The van der Waals surface area contributed by atoms with Crippen molar-refractivity contribution in [1.29, 1.82) is 0 Å². The van der Waals surface area contributed by atoms with Crippen LogP contribution in [0.3, 0.4) is 0 Å². The van der Waals surface area contributed by atoms with E-state index < -0.39 is 5.97 Å². The molecule has 7 heteroatoms. The quantitative estimate of drug-likeness (QED) is 0.833. The van der Waals surface area contributed by atoms with Crippen LogP contribution in [0.4, 0.5) is 10.5 Å². The van der Waals surface area contributed by atoms with Gasteiger partial charge in [0.1, 0.15) is 0 Å². The Morgan fingerprint density at radius 1 is 1.29 bits per heavy atom. The first kappa shape index (κ1) is 16.2. The first-order chi connectivity index (χ1) is 9.85. The number of halogens is 1. The van der Waals surface area contributed by atoms with E-state index in [0.29, 0.717) is 33.7 Å². The Labute approximate surface area is 136 Å². The van der Waals surface area contributed by atoms with Crippen LogP contribution in [-0.2, 0) is 0 Å². The van der Waals surface area contributed by atoms with E-state index in [1.165, 1.54) is 12.1 Å². The van der Waals surface area contributed by atoms with Crippen LogP contribution in [0.5, 0.6) is 0 Å². The number of carboxylic acid groups (broad SMARTS) is 1. The second-order valence-corrected chi connectivity index (χ2v) is 7.92. The maximum Gasteiger partial charge on any atom is 0.335 e. The summed E-state index contributed by atoms with van der Waals surface area (Å²) in [4.78, 5) is 25.1. The number of hydrogen-bond donors (Lipinski definition) is 2. The molecule has 2 N–H and O–H groups in total. The van der Waals surface area contributed by atoms with Crippen LogP contribution in [0, 0.1) is 0 Å². The molecule has 1 aromatic rings. The fourth-order valence-electron chi connectivity index (χ4n) is 2.33. The van der Waals surface area contributed by atoms with Crippen LogP contribution in [0.15, 0.2) is 22.7 Å². The number of anilines is 1. The zero-order chi connectivity index (χ0) is 15.6. The lowest BCUT2D eigenvalue weighted by molar-refractivity contribution is 0.0697. The molecule has 2 rings (SSSR count). The first-order valence-electron chi connectivity index (χ1n) is 6.60. The van der Waals surface area contributed by atoms with Gasteiger partial charge in [0, 0.05) is 33.7 Å². The molecule has 0 aliphatic carbocycles. The Kier molecular flexibility index (Phi) is 5.16. The molecule has 5 nitrogen and oxygen atoms in total. The summed E-state index contributed by atoms with van der Waals surface area (Å²) in [5.41, 5.74) is 0.612. The summed E-state index contributed by atoms with van der Waals surface area (Å²) >= 11 is 5.13. The van der Waals surface area contributed by atoms with E-state index in [4.69, 9.17) is 5.11 Å². The molecule has 1 aromatic carbocycles. The number of carbonyl (C=O) groups is 2. The van der Waals surface area contributed by atoms with E-state index in [0.717, 1.165) is 0 Å². The molecule has 21 heavy (non-hydrogen) atoms. The number of carbonyl (C=O) groups excluding carboxylic acids is 1. The fourth-order valence-corrected chi connectivity index (χ4v) is 4.15. The van der Waals surface area contributed by atoms with Crippen molar-refractivity contribution in [2.75, 3.05) is 18.4 Å². The topological polar surface area (TPSA) is 69.6 Å². The number of benzene rings is 1. The largest absolute Gasteiger partial charge is 0.478 e. The number of rotatable bonds is 2. The Morgan fingerprint density at radius 2 is 1.90 bits per heavy atom. The van der Waals surface area contributed by atoms with Crippen molar-refractivity contribution in [3.8, 4) is 0 Å². The van der Waals surface area contributed by atoms with Crippen molar-refractivity contribution in [3.05, 3.63) is 28.2 Å². The standard InChI is InChI=1S/C14H17BrN2O3S/c1-8-6-17(7-9(2)21-8)14(20)16-12-4-10(13(18)19)3-11(15)5-12/h3-5,8-9H,6-7H2,1-2H3,(H,16,20)(H,18,19). The average molecular weight is 373 g/mol. The van der Waals surface area contributed by atoms with Crippen LogP contribution in [-0.4, -0.2) is 45.6 Å². The molecule has 1 heterocycles. The lowest BCUT2D eigenvalue weighted by atomic mass is 10.2. The summed E-state index contributed by atoms with van der Waals surface area (Å²) in [6.07, 6.45) is 0. The van der Waals surface area contributed by atoms with E-state index in [1.807, 2.05) is 11.8 Å². The van der Waals surface area contributed by atoms with Gasteiger partial charge in [-0.25, -0.2) is 9.59 Å². The normalized spacial score (nSPS) is 22.0. The Hall–Kier alpha value is -1.21. The van der Waals surface area contributed by atoms with Crippen molar-refractivity contribution in [3.63, 3.8) is 0 Å². The molecule has 2 atom stereocenters. The lowest BCUT2D eigenvalue weighted by Crippen LogP contribution is -2.46. The van der Waals surface area contributed by atoms with Gasteiger partial charge in [0.2, 0.25) is 0 Å². The van der Waals surface area contributed by atoms with Gasteiger partial charge in [-0.05, 0) is 18.2 Å². The van der Waals surface area contributed by atoms with Crippen molar-refractivity contribution < 1.29 is 14.7 Å². The van der Waals surface area contributed by atoms with Gasteiger partial charge in [-0.2, -0.15) is 11.8 Å². The Morgan fingerprint density at radius 3 is 2.48 bits per heavy atom. The number of hydrogen-bond acceptors (Lipinski definition) is 3. The third kappa shape index (κ3) is 4.38. The molecule has 0 spiro atoms. The van der Waals surface area contributed by atoms with E-state index in [-0.39, 0.29) is 11.6 Å². The van der Waals surface area contributed by atoms with Crippen molar-refractivity contribution >= 4 is 45.4 Å². The maximum atomic E-state index is 12.3. The van der Waals surface area contributed by atoms with Crippen LogP contribution < -0.4 is 5.32 Å². The van der Waals surface area contributed by atoms with E-state index in [2.05, 4.69) is 35.1 Å². The molecule has 1 saturated heterocycles. The monoisotopic (exact) mass is 372 g/mol. The van der Waals surface area contributed by atoms with Gasteiger partial charge in [-0.3, -0.25) is 0 Å². The van der Waals surface area contributed by atoms with Crippen molar-refractivity contribution in [2.24, 2.45) is 0 Å². The van der Waals surface area contributed by atoms with E-state index >= 15 is 0 Å². The summed E-state index contributed by atoms with van der Waals surface area (Å²) in [7, 11) is 0. The number of urea groups is 1. The molecule has 2 amide bonds. The molecule has 114 valence electrons. The Balaban J connectivity index is 2.10. The van der Waals surface area contributed by atoms with Gasteiger partial charge >= 0.3 is 12.0 Å². The van der Waals surface area contributed by atoms with Gasteiger partial charge in [-0.1, -0.05) is 29.8 Å². The fraction of sp³-hybridized carbons (Fsp3) is 0.429. The molecule has 0 saturated carbocycles. The number of nitrogens with zero attached hydrogens (tertiary/aromatic N) is 1. The summed E-state index contributed by atoms with van der Waals surface area (Å²) in [5.74, 6) is -1.02. The van der Waals surface area contributed by atoms with Crippen molar-refractivity contribution in [1.82, 2.24) is 4.90 Å². The predicted octanol–water partition coefficient (Wildman–Crippen LogP) is 3.51. The molecule has 1 fully saturated rings. The van der Waals surface area contributed by atoms with Gasteiger partial charge < -0.3 is 15.3 Å². The zero-order valence-electron chi connectivity index (χ0n) is 11.8. The van der Waals surface area contributed by atoms with Gasteiger partial charge in [-0.15, -0.1) is 0 Å². The second kappa shape index (κ2) is 6.70. The summed E-state index contributed by atoms with van der Waals surface area (Å²) in [6, 6.07) is 4.45. The third-order valence-corrected chi connectivity index (χ3v) is 4.79. The predicted molar refractivity (Wildman–Crippen MR) is 88.2 cm³/mol. The number of nitrogens with one attached hydrogen (secondary N) is 1. The van der Waals surface area contributed by atoms with Crippen LogP contribution in [0.2, 0.25) is 0 Å². The summed E-state index contributed by atoms with van der Waals surface area (Å²) < 4.78 is 0.619. The second-order valence-electron chi connectivity index (χ2n) is 5.13. The van der Waals surface area contributed by atoms with Gasteiger partial charge in [0.15, 0.2) is 0 Å². The highest BCUT2D eigenvalue weighted by atomic mass is 79.9. The Bertz CT molecular complexity index is 557. The van der Waals surface area contributed by atoms with Crippen LogP contribution in [0.25, 0.3) is 0 Å². The summed E-state index contributed by atoms with van der Waals surface area (Å²) in [6.45, 7) is 5.59. The highest BCUT2D eigenvalue weighted by Crippen LogP contribution is 2.26. The smallest absolute Gasteiger partial charge is 0.335 e. The number of aromatic carboxylic acids is 1. The molecule has 0 radical (unpaired) electrons. The molecule has 1 aliphatic rings. The lowest BCUT2D eigenvalue weighted by Gasteiger charge is -2.34. The minimum absolute atomic E-state index is 0.135. The number of thioether (sulfide) groups is 1. The maximum absolute atomic E-state index is 12.3.